The molecule has 0 bridgehead atoms. The number of ether oxygens (including phenoxy) is 1. The zero-order valence-corrected chi connectivity index (χ0v) is 8.15. The molecule has 1 aromatic rings. The van der Waals surface area contributed by atoms with E-state index in [1.165, 1.54) is 0 Å². The summed E-state index contributed by atoms with van der Waals surface area (Å²) in [4.78, 5) is 11.2. The summed E-state index contributed by atoms with van der Waals surface area (Å²) in [6.45, 7) is -1.24. The Morgan fingerprint density at radius 2 is 1.88 bits per heavy atom. The molecular weight excluding hydrogens is 247 g/mol. The second-order valence-corrected chi connectivity index (χ2v) is 3.53. The maximum atomic E-state index is 12.9. The van der Waals surface area contributed by atoms with Crippen LogP contribution in [0.5, 0.6) is 5.75 Å². The Hall–Kier alpha value is -1.66. The van der Waals surface area contributed by atoms with E-state index in [-0.39, 0.29) is 0 Å². The lowest BCUT2D eigenvalue weighted by molar-refractivity contribution is -0.137. The number of benzene rings is 1. The van der Waals surface area contributed by atoms with Gasteiger partial charge < -0.3 is 4.74 Å². The van der Waals surface area contributed by atoms with Crippen LogP contribution >= 0.6 is 0 Å². The first-order valence-electron chi connectivity index (χ1n) is 4.48. The molecule has 1 aliphatic rings. The van der Waals surface area contributed by atoms with E-state index < -0.39 is 41.4 Å². The van der Waals surface area contributed by atoms with Crippen molar-refractivity contribution in [2.24, 2.45) is 0 Å². The summed E-state index contributed by atoms with van der Waals surface area (Å²) in [6, 6.07) is 1.82. The minimum atomic E-state index is -4.61. The van der Waals surface area contributed by atoms with Gasteiger partial charge in [0, 0.05) is 0 Å². The van der Waals surface area contributed by atoms with Gasteiger partial charge in [-0.15, -0.1) is 0 Å². The summed E-state index contributed by atoms with van der Waals surface area (Å²) in [7, 11) is 0. The van der Waals surface area contributed by atoms with Crippen LogP contribution in [0.4, 0.5) is 22.0 Å². The topological polar surface area (TPSA) is 26.3 Å². The third-order valence-corrected chi connectivity index (χ3v) is 2.29. The van der Waals surface area contributed by atoms with Crippen molar-refractivity contribution in [2.45, 2.75) is 12.1 Å². The molecule has 1 heterocycles. The van der Waals surface area contributed by atoms with E-state index in [2.05, 4.69) is 4.74 Å². The van der Waals surface area contributed by atoms with E-state index in [9.17, 15) is 26.7 Å². The molecule has 0 amide bonds. The number of rotatable bonds is 0. The van der Waals surface area contributed by atoms with Gasteiger partial charge in [-0.3, -0.25) is 4.79 Å². The first kappa shape index (κ1) is 11.8. The fourth-order valence-corrected chi connectivity index (χ4v) is 1.44. The quantitative estimate of drug-likeness (QED) is 0.663. The molecule has 2 nitrogen and oxygen atoms in total. The number of ketones is 1. The first-order chi connectivity index (χ1) is 7.72. The third-order valence-electron chi connectivity index (χ3n) is 2.29. The molecule has 0 N–H and O–H groups in total. The largest absolute Gasteiger partial charge is 0.486 e. The number of hydrogen-bond acceptors (Lipinski definition) is 2. The summed E-state index contributed by atoms with van der Waals surface area (Å²) in [6.07, 6.45) is -4.61. The van der Waals surface area contributed by atoms with Crippen molar-refractivity contribution in [3.05, 3.63) is 29.3 Å². The minimum absolute atomic E-state index is 0.462. The smallest absolute Gasteiger partial charge is 0.416 e. The molecule has 0 saturated carbocycles. The van der Waals surface area contributed by atoms with E-state index in [0.717, 1.165) is 0 Å². The average Bonchev–Trinajstić information content (AvgIpc) is 2.22. The van der Waals surface area contributed by atoms with Crippen LogP contribution < -0.4 is 4.74 Å². The van der Waals surface area contributed by atoms with Crippen LogP contribution in [0.15, 0.2) is 18.2 Å². The highest BCUT2D eigenvalue weighted by Crippen LogP contribution is 2.37. The Balaban J connectivity index is 2.47. The Labute approximate surface area is 92.0 Å². The Bertz CT molecular complexity index is 478. The third kappa shape index (κ3) is 1.96. The molecule has 0 fully saturated rings. The van der Waals surface area contributed by atoms with Gasteiger partial charge >= 0.3 is 12.1 Å². The number of carbonyl (C=O) groups excluding carboxylic acids is 1. The predicted octanol–water partition coefficient (Wildman–Crippen LogP) is 2.92. The number of hydrogen-bond donors (Lipinski definition) is 0. The molecule has 0 atom stereocenters. The molecule has 1 aromatic carbocycles. The van der Waals surface area contributed by atoms with Crippen LogP contribution in [0.25, 0.3) is 0 Å². The monoisotopic (exact) mass is 252 g/mol. The van der Waals surface area contributed by atoms with Gasteiger partial charge in [-0.1, -0.05) is 0 Å². The zero-order valence-electron chi connectivity index (χ0n) is 8.15. The van der Waals surface area contributed by atoms with Crippen LogP contribution in [-0.4, -0.2) is 18.3 Å². The molecule has 0 unspecified atom stereocenters. The van der Waals surface area contributed by atoms with Crippen LogP contribution in [0.2, 0.25) is 0 Å². The summed E-state index contributed by atoms with van der Waals surface area (Å²) in [5.74, 6) is -5.67. The van der Waals surface area contributed by atoms with Crippen LogP contribution in [-0.2, 0) is 6.18 Å². The SMILES string of the molecule is O=C1c2ccc(C(F)(F)F)cc2OCC1(F)F. The Morgan fingerprint density at radius 3 is 2.47 bits per heavy atom. The second-order valence-electron chi connectivity index (χ2n) is 3.53. The van der Waals surface area contributed by atoms with Gasteiger partial charge in [0.15, 0.2) is 6.61 Å². The average molecular weight is 252 g/mol. The van der Waals surface area contributed by atoms with E-state index in [1.54, 1.807) is 0 Å². The molecule has 0 aromatic heterocycles. The summed E-state index contributed by atoms with van der Waals surface area (Å²) < 4.78 is 67.3. The zero-order chi connectivity index (χ0) is 12.8. The number of halogens is 5. The fourth-order valence-electron chi connectivity index (χ4n) is 1.44. The Kier molecular flexibility index (Phi) is 2.37. The van der Waals surface area contributed by atoms with E-state index in [0.29, 0.717) is 18.2 Å². The maximum absolute atomic E-state index is 12.9. The van der Waals surface area contributed by atoms with Gasteiger partial charge in [-0.05, 0) is 18.2 Å². The standard InChI is InChI=1S/C10H5F5O2/c11-9(12)4-17-7-3-5(10(13,14)15)1-2-6(7)8(9)16/h1-3H,4H2. The van der Waals surface area contributed by atoms with Gasteiger partial charge in [-0.25, -0.2) is 0 Å². The normalized spacial score (nSPS) is 18.5. The molecule has 1 aliphatic heterocycles. The molecule has 0 radical (unpaired) electrons. The van der Waals surface area contributed by atoms with Crippen molar-refractivity contribution in [1.82, 2.24) is 0 Å². The summed E-state index contributed by atoms with van der Waals surface area (Å²) in [5.41, 5.74) is -1.58. The lowest BCUT2D eigenvalue weighted by atomic mass is 10.0. The number of fused-ring (bicyclic) bond motifs is 1. The maximum Gasteiger partial charge on any atom is 0.416 e. The van der Waals surface area contributed by atoms with Crippen LogP contribution in [0.3, 0.4) is 0 Å². The van der Waals surface area contributed by atoms with Crippen molar-refractivity contribution in [1.29, 1.82) is 0 Å². The van der Waals surface area contributed by atoms with E-state index in [4.69, 9.17) is 0 Å². The minimum Gasteiger partial charge on any atom is -0.486 e. The van der Waals surface area contributed by atoms with Gasteiger partial charge in [0.25, 0.3) is 0 Å². The summed E-state index contributed by atoms with van der Waals surface area (Å²) >= 11 is 0. The van der Waals surface area contributed by atoms with Gasteiger partial charge in [0.05, 0.1) is 11.1 Å². The molecule has 0 aliphatic carbocycles. The molecule has 7 heteroatoms. The van der Waals surface area contributed by atoms with Crippen molar-refractivity contribution in [3.8, 4) is 5.75 Å². The molecule has 0 saturated heterocycles. The van der Waals surface area contributed by atoms with Gasteiger partial charge in [-0.2, -0.15) is 22.0 Å². The second kappa shape index (κ2) is 3.41. The number of Topliss-reactive ketones (excluding diaryl/α,β-unsaturated/α-hetero) is 1. The predicted molar refractivity (Wildman–Crippen MR) is 46.2 cm³/mol. The van der Waals surface area contributed by atoms with E-state index in [1.807, 2.05) is 0 Å². The lowest BCUT2D eigenvalue weighted by Crippen LogP contribution is -2.39. The highest BCUT2D eigenvalue weighted by Gasteiger charge is 2.46. The van der Waals surface area contributed by atoms with Crippen LogP contribution in [0.1, 0.15) is 15.9 Å². The first-order valence-corrected chi connectivity index (χ1v) is 4.48. The van der Waals surface area contributed by atoms with Gasteiger partial charge in [0.2, 0.25) is 5.78 Å². The molecule has 92 valence electrons. The molecular formula is C10H5F5O2. The summed E-state index contributed by atoms with van der Waals surface area (Å²) in [5, 5.41) is 0. The lowest BCUT2D eigenvalue weighted by Gasteiger charge is -2.24. The number of alkyl halides is 5. The van der Waals surface area contributed by atoms with Crippen molar-refractivity contribution in [3.63, 3.8) is 0 Å². The molecule has 17 heavy (non-hydrogen) atoms. The Morgan fingerprint density at radius 1 is 1.24 bits per heavy atom. The number of carbonyl (C=O) groups is 1. The van der Waals surface area contributed by atoms with Crippen molar-refractivity contribution in [2.75, 3.05) is 6.61 Å². The van der Waals surface area contributed by atoms with Crippen LogP contribution in [0, 0.1) is 0 Å². The highest BCUT2D eigenvalue weighted by atomic mass is 19.4. The fraction of sp³-hybridized carbons (Fsp3) is 0.300. The van der Waals surface area contributed by atoms with Gasteiger partial charge in [0.1, 0.15) is 5.75 Å². The van der Waals surface area contributed by atoms with Crippen molar-refractivity contribution >= 4 is 5.78 Å². The molecule has 2 rings (SSSR count). The molecule has 0 spiro atoms. The highest BCUT2D eigenvalue weighted by molar-refractivity contribution is 6.04. The van der Waals surface area contributed by atoms with E-state index >= 15 is 0 Å². The van der Waals surface area contributed by atoms with Crippen molar-refractivity contribution < 1.29 is 31.5 Å².